The molecule has 23 heavy (non-hydrogen) atoms. The van der Waals surface area contributed by atoms with E-state index in [4.69, 9.17) is 4.74 Å². The Morgan fingerprint density at radius 1 is 1.26 bits per heavy atom. The normalized spacial score (nSPS) is 12.7. The fraction of sp³-hybridized carbons (Fsp3) is 0.500. The van der Waals surface area contributed by atoms with E-state index in [1.165, 1.54) is 5.56 Å². The predicted octanol–water partition coefficient (Wildman–Crippen LogP) is 2.68. The number of nitrogens with zero attached hydrogens (tertiary/aromatic N) is 2. The summed E-state index contributed by atoms with van der Waals surface area (Å²) in [5, 5.41) is 18.1. The van der Waals surface area contributed by atoms with Crippen molar-refractivity contribution in [2.75, 3.05) is 13.7 Å². The topological polar surface area (TPSA) is 59.3 Å². The maximum Gasteiger partial charge on any atom is 0.216 e. The minimum atomic E-state index is -0.527. The fourth-order valence-electron chi connectivity index (χ4n) is 2.70. The number of benzene rings is 1. The molecule has 0 radical (unpaired) electrons. The highest BCUT2D eigenvalue weighted by Gasteiger charge is 2.19. The van der Waals surface area contributed by atoms with Gasteiger partial charge in [0.25, 0.3) is 0 Å². The highest BCUT2D eigenvalue weighted by Crippen LogP contribution is 2.27. The molecule has 1 heterocycles. The molecule has 0 aliphatic rings. The first-order chi connectivity index (χ1) is 10.9. The van der Waals surface area contributed by atoms with Crippen LogP contribution in [0.3, 0.4) is 0 Å². The number of hydrogen-bond acceptors (Lipinski definition) is 4. The lowest BCUT2D eigenvalue weighted by atomic mass is 10.1. The van der Waals surface area contributed by atoms with Crippen molar-refractivity contribution in [3.63, 3.8) is 0 Å². The third-order valence-electron chi connectivity index (χ3n) is 3.96. The van der Waals surface area contributed by atoms with Crippen LogP contribution in [0, 0.1) is 6.92 Å². The molecule has 0 aliphatic heterocycles. The molecule has 5 nitrogen and oxygen atoms in total. The van der Waals surface area contributed by atoms with Gasteiger partial charge in [-0.25, -0.2) is 4.68 Å². The SMILES string of the molecule is COc1c(CNC[C@H](O)c2ccc(C)cc2)c(C(C)C)nn1C. The lowest BCUT2D eigenvalue weighted by Gasteiger charge is -2.14. The van der Waals surface area contributed by atoms with E-state index in [2.05, 4.69) is 24.3 Å². The van der Waals surface area contributed by atoms with Crippen molar-refractivity contribution < 1.29 is 9.84 Å². The Balaban J connectivity index is 2.02. The number of aryl methyl sites for hydroxylation is 2. The molecule has 0 fully saturated rings. The van der Waals surface area contributed by atoms with E-state index >= 15 is 0 Å². The number of methoxy groups -OCH3 is 1. The Morgan fingerprint density at radius 2 is 1.91 bits per heavy atom. The molecule has 1 aromatic carbocycles. The summed E-state index contributed by atoms with van der Waals surface area (Å²) in [6.45, 7) is 7.38. The lowest BCUT2D eigenvalue weighted by Crippen LogP contribution is -2.22. The van der Waals surface area contributed by atoms with Crippen LogP contribution < -0.4 is 10.1 Å². The maximum absolute atomic E-state index is 10.3. The zero-order valence-corrected chi connectivity index (χ0v) is 14.6. The molecule has 2 N–H and O–H groups in total. The largest absolute Gasteiger partial charge is 0.481 e. The highest BCUT2D eigenvalue weighted by molar-refractivity contribution is 5.33. The molecule has 126 valence electrons. The predicted molar refractivity (Wildman–Crippen MR) is 91.7 cm³/mol. The van der Waals surface area contributed by atoms with Gasteiger partial charge in [-0.1, -0.05) is 43.7 Å². The van der Waals surface area contributed by atoms with Gasteiger partial charge in [0.15, 0.2) is 0 Å². The van der Waals surface area contributed by atoms with Gasteiger partial charge < -0.3 is 15.2 Å². The molecule has 0 unspecified atom stereocenters. The average Bonchev–Trinajstić information content (AvgIpc) is 2.84. The molecule has 0 aliphatic carbocycles. The van der Waals surface area contributed by atoms with Crippen LogP contribution in [0.1, 0.15) is 48.3 Å². The minimum absolute atomic E-state index is 0.323. The van der Waals surface area contributed by atoms with E-state index < -0.39 is 6.10 Å². The van der Waals surface area contributed by atoms with Crippen LogP contribution in [0.15, 0.2) is 24.3 Å². The van der Waals surface area contributed by atoms with Crippen molar-refractivity contribution in [2.45, 2.75) is 39.3 Å². The Hall–Kier alpha value is -1.85. The summed E-state index contributed by atoms with van der Waals surface area (Å²) in [6, 6.07) is 7.96. The second-order valence-electron chi connectivity index (χ2n) is 6.21. The molecular formula is C18H27N3O2. The van der Waals surface area contributed by atoms with E-state index in [0.717, 1.165) is 22.7 Å². The fourth-order valence-corrected chi connectivity index (χ4v) is 2.70. The number of aliphatic hydroxyl groups is 1. The molecule has 0 amide bonds. The number of rotatable bonds is 7. The van der Waals surface area contributed by atoms with Crippen LogP contribution in [0.4, 0.5) is 0 Å². The summed E-state index contributed by atoms with van der Waals surface area (Å²) in [7, 11) is 3.54. The van der Waals surface area contributed by atoms with E-state index in [0.29, 0.717) is 19.0 Å². The molecule has 0 saturated heterocycles. The first kappa shape index (κ1) is 17.5. The van der Waals surface area contributed by atoms with Gasteiger partial charge >= 0.3 is 0 Å². The van der Waals surface area contributed by atoms with Crippen LogP contribution in [0.2, 0.25) is 0 Å². The second kappa shape index (κ2) is 7.62. The summed E-state index contributed by atoms with van der Waals surface area (Å²) in [6.07, 6.45) is -0.527. The first-order valence-electron chi connectivity index (χ1n) is 7.99. The van der Waals surface area contributed by atoms with Crippen molar-refractivity contribution in [3.05, 3.63) is 46.6 Å². The van der Waals surface area contributed by atoms with E-state index in [-0.39, 0.29) is 0 Å². The van der Waals surface area contributed by atoms with Gasteiger partial charge in [0.2, 0.25) is 5.88 Å². The molecule has 2 rings (SSSR count). The molecule has 2 aromatic rings. The Morgan fingerprint density at radius 3 is 2.48 bits per heavy atom. The van der Waals surface area contributed by atoms with Gasteiger partial charge in [0.1, 0.15) is 0 Å². The van der Waals surface area contributed by atoms with Crippen molar-refractivity contribution >= 4 is 0 Å². The quantitative estimate of drug-likeness (QED) is 0.824. The van der Waals surface area contributed by atoms with Gasteiger partial charge in [-0.05, 0) is 18.4 Å². The zero-order valence-electron chi connectivity index (χ0n) is 14.6. The number of aliphatic hydroxyl groups excluding tert-OH is 1. The lowest BCUT2D eigenvalue weighted by molar-refractivity contribution is 0.174. The molecule has 5 heteroatoms. The highest BCUT2D eigenvalue weighted by atomic mass is 16.5. The van der Waals surface area contributed by atoms with Crippen molar-refractivity contribution in [3.8, 4) is 5.88 Å². The van der Waals surface area contributed by atoms with Gasteiger partial charge in [0.05, 0.1) is 24.5 Å². The maximum atomic E-state index is 10.3. The third-order valence-corrected chi connectivity index (χ3v) is 3.96. The Labute approximate surface area is 138 Å². The number of aromatic nitrogens is 2. The summed E-state index contributed by atoms with van der Waals surface area (Å²) >= 11 is 0. The van der Waals surface area contributed by atoms with Crippen LogP contribution in [0.5, 0.6) is 5.88 Å². The number of nitrogens with one attached hydrogen (secondary N) is 1. The molecule has 0 saturated carbocycles. The smallest absolute Gasteiger partial charge is 0.216 e. The Bertz CT molecular complexity index is 632. The van der Waals surface area contributed by atoms with E-state index in [9.17, 15) is 5.11 Å². The number of ether oxygens (including phenoxy) is 1. The third kappa shape index (κ3) is 4.12. The summed E-state index contributed by atoms with van der Waals surface area (Å²) in [4.78, 5) is 0. The van der Waals surface area contributed by atoms with Gasteiger partial charge in [-0.2, -0.15) is 5.10 Å². The van der Waals surface area contributed by atoms with Crippen molar-refractivity contribution in [1.29, 1.82) is 0 Å². The van der Waals surface area contributed by atoms with E-state index in [1.807, 2.05) is 38.2 Å². The molecular weight excluding hydrogens is 290 g/mol. The summed E-state index contributed by atoms with van der Waals surface area (Å²) < 4.78 is 7.23. The zero-order chi connectivity index (χ0) is 17.0. The average molecular weight is 317 g/mol. The van der Waals surface area contributed by atoms with Crippen LogP contribution in [-0.2, 0) is 13.6 Å². The van der Waals surface area contributed by atoms with Crippen LogP contribution in [0.25, 0.3) is 0 Å². The van der Waals surface area contributed by atoms with Crippen LogP contribution in [-0.4, -0.2) is 28.5 Å². The van der Waals surface area contributed by atoms with Gasteiger partial charge in [-0.3, -0.25) is 0 Å². The summed E-state index contributed by atoms with van der Waals surface area (Å²) in [5.74, 6) is 1.09. The Kier molecular flexibility index (Phi) is 5.80. The van der Waals surface area contributed by atoms with Crippen molar-refractivity contribution in [2.24, 2.45) is 7.05 Å². The molecule has 0 spiro atoms. The van der Waals surface area contributed by atoms with Crippen LogP contribution >= 0.6 is 0 Å². The minimum Gasteiger partial charge on any atom is -0.481 e. The molecule has 0 bridgehead atoms. The standard InChI is InChI=1S/C18H27N3O2/c1-12(2)17-15(18(23-5)21(4)20-17)10-19-11-16(22)14-8-6-13(3)7-9-14/h6-9,12,16,19,22H,10-11H2,1-5H3/t16-/m0/s1. The van der Waals surface area contributed by atoms with Gasteiger partial charge in [0, 0.05) is 20.1 Å². The first-order valence-corrected chi connectivity index (χ1v) is 7.99. The molecule has 1 aromatic heterocycles. The summed E-state index contributed by atoms with van der Waals surface area (Å²) in [5.41, 5.74) is 4.20. The molecule has 1 atom stereocenters. The second-order valence-corrected chi connectivity index (χ2v) is 6.21. The van der Waals surface area contributed by atoms with E-state index in [1.54, 1.807) is 11.8 Å². The number of hydrogen-bond donors (Lipinski definition) is 2. The monoisotopic (exact) mass is 317 g/mol. The van der Waals surface area contributed by atoms with Crippen molar-refractivity contribution in [1.82, 2.24) is 15.1 Å². The van der Waals surface area contributed by atoms with Gasteiger partial charge in [-0.15, -0.1) is 0 Å².